The monoisotopic (exact) mass is 530 g/mol. The Balaban J connectivity index is 1.42. The number of carboxylic acids is 1. The molecular weight excluding hydrogens is 472 g/mol. The number of allylic oxidation sites excluding steroid dienone is 1. The molecule has 0 bridgehead atoms. The van der Waals surface area contributed by atoms with Crippen LogP contribution in [0.15, 0.2) is 11.6 Å². The van der Waals surface area contributed by atoms with Crippen LogP contribution in [0.1, 0.15) is 119 Å². The molecule has 4 heteroatoms. The molecular formula is C33H58O3Si. The van der Waals surface area contributed by atoms with Gasteiger partial charge in [-0.05, 0) is 116 Å². The number of carboxylic acid groups (broad SMARTS) is 1. The topological polar surface area (TPSA) is 46.5 Å². The van der Waals surface area contributed by atoms with Crippen LogP contribution in [0.25, 0.3) is 0 Å². The van der Waals surface area contributed by atoms with E-state index in [2.05, 4.69) is 60.7 Å². The molecule has 0 saturated heterocycles. The Morgan fingerprint density at radius 2 is 1.78 bits per heavy atom. The third kappa shape index (κ3) is 5.41. The quantitative estimate of drug-likeness (QED) is 0.251. The first-order valence-corrected chi connectivity index (χ1v) is 18.6. The van der Waals surface area contributed by atoms with E-state index >= 15 is 0 Å². The molecule has 0 amide bonds. The summed E-state index contributed by atoms with van der Waals surface area (Å²) in [7, 11) is -1.73. The standard InChI is InChI=1S/C33H58O3Si/c1-22(11-10-12-23(2)30(34)35)27-15-16-28-26-14-13-24-21-25(36-37(8,9)31(3,4)5)17-19-32(24,6)29(26)18-20-33(27,28)7/h13,22-23,25-29H,10-12,14-21H2,1-9H3,(H,34,35)/t22-,23-,25+,26+,27-,28+,29+,32+,33-/m1/s1. The predicted octanol–water partition coefficient (Wildman–Crippen LogP) is 9.48. The Bertz CT molecular complexity index is 871. The highest BCUT2D eigenvalue weighted by Gasteiger charge is 2.59. The molecule has 37 heavy (non-hydrogen) atoms. The zero-order valence-electron chi connectivity index (χ0n) is 25.7. The van der Waals surface area contributed by atoms with Crippen molar-refractivity contribution in [1.29, 1.82) is 0 Å². The van der Waals surface area contributed by atoms with Crippen molar-refractivity contribution < 1.29 is 14.3 Å². The van der Waals surface area contributed by atoms with Gasteiger partial charge < -0.3 is 9.53 Å². The average molecular weight is 531 g/mol. The Morgan fingerprint density at radius 3 is 2.43 bits per heavy atom. The maximum atomic E-state index is 11.2. The summed E-state index contributed by atoms with van der Waals surface area (Å²) in [5.74, 6) is 3.25. The Hall–Kier alpha value is -0.613. The maximum absolute atomic E-state index is 11.2. The third-order valence-corrected chi connectivity index (χ3v) is 17.3. The van der Waals surface area contributed by atoms with Gasteiger partial charge in [0.25, 0.3) is 0 Å². The molecule has 4 rings (SSSR count). The molecule has 0 aromatic rings. The fraction of sp³-hybridized carbons (Fsp3) is 0.909. The highest BCUT2D eigenvalue weighted by molar-refractivity contribution is 6.74. The van der Waals surface area contributed by atoms with Crippen molar-refractivity contribution in [3.05, 3.63) is 11.6 Å². The van der Waals surface area contributed by atoms with Crippen LogP contribution in [0, 0.1) is 46.3 Å². The normalized spacial score (nSPS) is 39.7. The van der Waals surface area contributed by atoms with Gasteiger partial charge in [0.2, 0.25) is 0 Å². The Kier molecular flexibility index (Phi) is 8.27. The van der Waals surface area contributed by atoms with Gasteiger partial charge in [-0.3, -0.25) is 4.79 Å². The summed E-state index contributed by atoms with van der Waals surface area (Å²) < 4.78 is 6.92. The molecule has 0 aromatic carbocycles. The van der Waals surface area contributed by atoms with E-state index < -0.39 is 14.3 Å². The highest BCUT2D eigenvalue weighted by atomic mass is 28.4. The summed E-state index contributed by atoms with van der Waals surface area (Å²) in [5.41, 5.74) is 2.60. The van der Waals surface area contributed by atoms with E-state index in [4.69, 9.17) is 4.43 Å². The Labute approximate surface area is 229 Å². The maximum Gasteiger partial charge on any atom is 0.306 e. The van der Waals surface area contributed by atoms with E-state index in [0.717, 1.165) is 36.5 Å². The fourth-order valence-corrected chi connectivity index (χ4v) is 10.8. The lowest BCUT2D eigenvalue weighted by atomic mass is 9.47. The largest absolute Gasteiger partial charge is 0.481 e. The second-order valence-corrected chi connectivity index (χ2v) is 20.6. The molecule has 3 fully saturated rings. The summed E-state index contributed by atoms with van der Waals surface area (Å²) in [4.78, 5) is 11.2. The minimum Gasteiger partial charge on any atom is -0.481 e. The molecule has 0 heterocycles. The van der Waals surface area contributed by atoms with Crippen LogP contribution in [0.2, 0.25) is 18.1 Å². The zero-order valence-corrected chi connectivity index (χ0v) is 26.7. The first kappa shape index (κ1) is 29.4. The molecule has 1 N–H and O–H groups in total. The summed E-state index contributed by atoms with van der Waals surface area (Å²) in [5, 5.41) is 9.53. The average Bonchev–Trinajstić information content (AvgIpc) is 3.15. The molecule has 3 saturated carbocycles. The summed E-state index contributed by atoms with van der Waals surface area (Å²) >= 11 is 0. The van der Waals surface area contributed by atoms with Gasteiger partial charge in [0.15, 0.2) is 8.32 Å². The van der Waals surface area contributed by atoms with Crippen LogP contribution < -0.4 is 0 Å². The van der Waals surface area contributed by atoms with E-state index in [1.165, 1.54) is 57.8 Å². The molecule has 0 aromatic heterocycles. The lowest BCUT2D eigenvalue weighted by Crippen LogP contribution is -2.52. The second-order valence-electron chi connectivity index (χ2n) is 15.9. The smallest absolute Gasteiger partial charge is 0.306 e. The number of hydrogen-bond donors (Lipinski definition) is 1. The van der Waals surface area contributed by atoms with Gasteiger partial charge in [0.05, 0.1) is 5.92 Å². The predicted molar refractivity (Wildman–Crippen MR) is 157 cm³/mol. The first-order valence-electron chi connectivity index (χ1n) is 15.7. The van der Waals surface area contributed by atoms with Gasteiger partial charge in [-0.15, -0.1) is 0 Å². The molecule has 212 valence electrons. The molecule has 0 unspecified atom stereocenters. The lowest BCUT2D eigenvalue weighted by Gasteiger charge is -2.59. The van der Waals surface area contributed by atoms with Crippen LogP contribution in [0.5, 0.6) is 0 Å². The van der Waals surface area contributed by atoms with E-state index in [1.54, 1.807) is 5.57 Å². The summed E-state index contributed by atoms with van der Waals surface area (Å²) in [6.45, 7) is 21.5. The van der Waals surface area contributed by atoms with E-state index in [-0.39, 0.29) is 11.0 Å². The Morgan fingerprint density at radius 1 is 1.08 bits per heavy atom. The van der Waals surface area contributed by atoms with Crippen LogP contribution in [-0.4, -0.2) is 25.5 Å². The number of aliphatic carboxylic acids is 1. The number of carbonyl (C=O) groups is 1. The fourth-order valence-electron chi connectivity index (χ4n) is 9.37. The first-order chi connectivity index (χ1) is 17.1. The van der Waals surface area contributed by atoms with Gasteiger partial charge in [-0.25, -0.2) is 0 Å². The highest BCUT2D eigenvalue weighted by Crippen LogP contribution is 2.67. The van der Waals surface area contributed by atoms with Gasteiger partial charge in [0, 0.05) is 6.10 Å². The van der Waals surface area contributed by atoms with Crippen LogP contribution in [-0.2, 0) is 9.22 Å². The van der Waals surface area contributed by atoms with Crippen molar-refractivity contribution in [1.82, 2.24) is 0 Å². The van der Waals surface area contributed by atoms with E-state index in [0.29, 0.717) is 22.9 Å². The van der Waals surface area contributed by atoms with Crippen molar-refractivity contribution in [2.45, 2.75) is 143 Å². The summed E-state index contributed by atoms with van der Waals surface area (Å²) in [6.07, 6.45) is 16.8. The van der Waals surface area contributed by atoms with Gasteiger partial charge >= 0.3 is 5.97 Å². The van der Waals surface area contributed by atoms with E-state index in [1.807, 2.05) is 6.92 Å². The van der Waals surface area contributed by atoms with Crippen LogP contribution >= 0.6 is 0 Å². The van der Waals surface area contributed by atoms with Crippen molar-refractivity contribution in [2.24, 2.45) is 46.3 Å². The molecule has 0 spiro atoms. The second kappa shape index (κ2) is 10.4. The van der Waals surface area contributed by atoms with Crippen molar-refractivity contribution in [3.8, 4) is 0 Å². The van der Waals surface area contributed by atoms with E-state index in [9.17, 15) is 9.90 Å². The van der Waals surface area contributed by atoms with Crippen molar-refractivity contribution in [2.75, 3.05) is 0 Å². The van der Waals surface area contributed by atoms with Gasteiger partial charge in [-0.2, -0.15) is 0 Å². The number of fused-ring (bicyclic) bond motifs is 5. The van der Waals surface area contributed by atoms with Crippen molar-refractivity contribution in [3.63, 3.8) is 0 Å². The number of hydrogen-bond acceptors (Lipinski definition) is 2. The molecule has 9 atom stereocenters. The lowest BCUT2D eigenvalue weighted by molar-refractivity contribution is -0.141. The third-order valence-electron chi connectivity index (χ3n) is 12.8. The zero-order chi connectivity index (χ0) is 27.4. The molecule has 4 aliphatic carbocycles. The minimum atomic E-state index is -1.73. The molecule has 0 aliphatic heterocycles. The summed E-state index contributed by atoms with van der Waals surface area (Å²) in [6, 6.07) is 0. The molecule has 3 nitrogen and oxygen atoms in total. The minimum absolute atomic E-state index is 0.208. The molecule has 4 aliphatic rings. The SMILES string of the molecule is C[C@H](CCC[C@@H](C)[C@H]1CC[C@H]2[C@@H]3CC=C4C[C@@H](O[Si](C)(C)C(C)(C)C)CC[C@]4(C)[C@H]3CC[C@]12C)C(=O)O. The van der Waals surface area contributed by atoms with Gasteiger partial charge in [-0.1, -0.05) is 73.0 Å². The van der Waals surface area contributed by atoms with Crippen LogP contribution in [0.4, 0.5) is 0 Å². The number of rotatable bonds is 8. The van der Waals surface area contributed by atoms with Gasteiger partial charge in [0.1, 0.15) is 0 Å². The van der Waals surface area contributed by atoms with Crippen LogP contribution in [0.3, 0.4) is 0 Å². The molecule has 0 radical (unpaired) electrons. The van der Waals surface area contributed by atoms with Crippen molar-refractivity contribution >= 4 is 14.3 Å².